The van der Waals surface area contributed by atoms with Crippen molar-refractivity contribution in [2.75, 3.05) is 7.05 Å². The highest BCUT2D eigenvalue weighted by molar-refractivity contribution is 5.37. The zero-order valence-corrected chi connectivity index (χ0v) is 11.6. The van der Waals surface area contributed by atoms with E-state index in [2.05, 4.69) is 68.6 Å². The van der Waals surface area contributed by atoms with Gasteiger partial charge in [-0.1, -0.05) is 48.0 Å². The molecule has 2 aromatic rings. The van der Waals surface area contributed by atoms with Crippen LogP contribution in [-0.4, -0.2) is 7.05 Å². The second-order valence-corrected chi connectivity index (χ2v) is 4.98. The van der Waals surface area contributed by atoms with Gasteiger partial charge in [-0.3, -0.25) is 0 Å². The first-order valence-electron chi connectivity index (χ1n) is 6.43. The van der Waals surface area contributed by atoms with E-state index in [-0.39, 0.29) is 6.04 Å². The molecule has 1 unspecified atom stereocenters. The Morgan fingerprint density at radius 3 is 1.94 bits per heavy atom. The lowest BCUT2D eigenvalue weighted by Crippen LogP contribution is -2.17. The van der Waals surface area contributed by atoms with E-state index in [0.29, 0.717) is 0 Å². The van der Waals surface area contributed by atoms with Crippen LogP contribution < -0.4 is 5.32 Å². The van der Waals surface area contributed by atoms with E-state index in [4.69, 9.17) is 0 Å². The summed E-state index contributed by atoms with van der Waals surface area (Å²) in [6.07, 6.45) is 0. The highest BCUT2D eigenvalue weighted by atomic mass is 14.9. The predicted octanol–water partition coefficient (Wildman–Crippen LogP) is 3.92. The van der Waals surface area contributed by atoms with Crippen LogP contribution >= 0.6 is 0 Å². The molecule has 0 aliphatic heterocycles. The van der Waals surface area contributed by atoms with Crippen molar-refractivity contribution in [3.05, 3.63) is 70.3 Å². The Labute approximate surface area is 110 Å². The molecule has 0 spiro atoms. The summed E-state index contributed by atoms with van der Waals surface area (Å²) in [5, 5.41) is 3.40. The Morgan fingerprint density at radius 2 is 1.39 bits per heavy atom. The smallest absolute Gasteiger partial charge is 0.0574 e. The molecule has 1 atom stereocenters. The Kier molecular flexibility index (Phi) is 3.83. The highest BCUT2D eigenvalue weighted by Gasteiger charge is 2.11. The maximum absolute atomic E-state index is 3.40. The molecule has 1 nitrogen and oxygen atoms in total. The number of hydrogen-bond acceptors (Lipinski definition) is 1. The molecule has 2 rings (SSSR count). The topological polar surface area (TPSA) is 12.0 Å². The molecule has 0 heterocycles. The van der Waals surface area contributed by atoms with Gasteiger partial charge in [-0.05, 0) is 50.1 Å². The van der Waals surface area contributed by atoms with Gasteiger partial charge < -0.3 is 5.32 Å². The summed E-state index contributed by atoms with van der Waals surface area (Å²) in [5.41, 5.74) is 6.63. The fourth-order valence-electron chi connectivity index (χ4n) is 2.23. The quantitative estimate of drug-likeness (QED) is 0.856. The summed E-state index contributed by atoms with van der Waals surface area (Å²) >= 11 is 0. The second-order valence-electron chi connectivity index (χ2n) is 4.98. The lowest BCUT2D eigenvalue weighted by Gasteiger charge is -2.18. The average molecular weight is 239 g/mol. The van der Waals surface area contributed by atoms with E-state index in [1.54, 1.807) is 0 Å². The van der Waals surface area contributed by atoms with E-state index in [1.165, 1.54) is 27.8 Å². The Bertz CT molecular complexity index is 526. The van der Waals surface area contributed by atoms with Crippen molar-refractivity contribution < 1.29 is 0 Å². The minimum Gasteiger partial charge on any atom is -0.309 e. The fraction of sp³-hybridized carbons (Fsp3) is 0.294. The lowest BCUT2D eigenvalue weighted by molar-refractivity contribution is 0.691. The van der Waals surface area contributed by atoms with Crippen LogP contribution in [0.2, 0.25) is 0 Å². The van der Waals surface area contributed by atoms with Gasteiger partial charge in [0.2, 0.25) is 0 Å². The number of nitrogens with one attached hydrogen (secondary N) is 1. The van der Waals surface area contributed by atoms with Crippen molar-refractivity contribution in [1.29, 1.82) is 0 Å². The van der Waals surface area contributed by atoms with Gasteiger partial charge in [-0.15, -0.1) is 0 Å². The third-order valence-electron chi connectivity index (χ3n) is 3.56. The van der Waals surface area contributed by atoms with Crippen molar-refractivity contribution in [2.45, 2.75) is 26.8 Å². The van der Waals surface area contributed by atoms with Crippen molar-refractivity contribution in [2.24, 2.45) is 0 Å². The Morgan fingerprint density at radius 1 is 0.778 bits per heavy atom. The van der Waals surface area contributed by atoms with Crippen molar-refractivity contribution in [1.82, 2.24) is 5.32 Å². The summed E-state index contributed by atoms with van der Waals surface area (Å²) in [5.74, 6) is 0. The molecular weight excluding hydrogens is 218 g/mol. The highest BCUT2D eigenvalue weighted by Crippen LogP contribution is 2.23. The minimum absolute atomic E-state index is 0.268. The zero-order valence-electron chi connectivity index (χ0n) is 11.6. The monoisotopic (exact) mass is 239 g/mol. The molecule has 0 radical (unpaired) electrons. The molecule has 1 heteroatoms. The largest absolute Gasteiger partial charge is 0.309 e. The molecule has 1 N–H and O–H groups in total. The van der Waals surface area contributed by atoms with E-state index < -0.39 is 0 Å². The third kappa shape index (κ3) is 2.62. The first kappa shape index (κ1) is 12.8. The van der Waals surface area contributed by atoms with Gasteiger partial charge in [0.25, 0.3) is 0 Å². The number of benzene rings is 2. The maximum atomic E-state index is 3.40. The molecule has 0 aromatic heterocycles. The minimum atomic E-state index is 0.268. The summed E-state index contributed by atoms with van der Waals surface area (Å²) in [6, 6.07) is 15.7. The third-order valence-corrected chi connectivity index (χ3v) is 3.56. The molecular formula is C17H21N. The van der Waals surface area contributed by atoms with Crippen molar-refractivity contribution >= 4 is 0 Å². The van der Waals surface area contributed by atoms with Crippen LogP contribution in [0.15, 0.2) is 42.5 Å². The van der Waals surface area contributed by atoms with Gasteiger partial charge in [-0.2, -0.15) is 0 Å². The van der Waals surface area contributed by atoms with Gasteiger partial charge in [0.05, 0.1) is 6.04 Å². The number of aryl methyl sites for hydroxylation is 3. The normalized spacial score (nSPS) is 12.4. The van der Waals surface area contributed by atoms with Crippen LogP contribution in [0.4, 0.5) is 0 Å². The number of hydrogen-bond donors (Lipinski definition) is 1. The van der Waals surface area contributed by atoms with Gasteiger partial charge in [0, 0.05) is 0 Å². The first-order valence-corrected chi connectivity index (χ1v) is 6.43. The molecule has 0 saturated heterocycles. The molecule has 0 aliphatic rings. The second kappa shape index (κ2) is 5.36. The van der Waals surface area contributed by atoms with Crippen molar-refractivity contribution in [3.8, 4) is 0 Å². The fourth-order valence-corrected chi connectivity index (χ4v) is 2.23. The summed E-state index contributed by atoms with van der Waals surface area (Å²) in [6.45, 7) is 6.44. The molecule has 94 valence electrons. The predicted molar refractivity (Wildman–Crippen MR) is 78.0 cm³/mol. The first-order chi connectivity index (χ1) is 8.61. The van der Waals surface area contributed by atoms with Crippen LogP contribution in [0.5, 0.6) is 0 Å². The van der Waals surface area contributed by atoms with Crippen LogP contribution in [0.25, 0.3) is 0 Å². The standard InChI is InChI=1S/C17H21N/c1-12-5-8-15(9-6-12)17(18-4)16-10-7-13(2)14(3)11-16/h5-11,17-18H,1-4H3. The van der Waals surface area contributed by atoms with E-state index >= 15 is 0 Å². The summed E-state index contributed by atoms with van der Waals surface area (Å²) in [4.78, 5) is 0. The average Bonchev–Trinajstić information content (AvgIpc) is 2.37. The van der Waals surface area contributed by atoms with Crippen LogP contribution in [-0.2, 0) is 0 Å². The van der Waals surface area contributed by atoms with E-state index in [9.17, 15) is 0 Å². The molecule has 0 amide bonds. The molecule has 0 aliphatic carbocycles. The molecule has 2 aromatic carbocycles. The maximum Gasteiger partial charge on any atom is 0.0574 e. The van der Waals surface area contributed by atoms with E-state index in [0.717, 1.165) is 0 Å². The SMILES string of the molecule is CNC(c1ccc(C)cc1)c1ccc(C)c(C)c1. The lowest BCUT2D eigenvalue weighted by atomic mass is 9.95. The van der Waals surface area contributed by atoms with Crippen LogP contribution in [0.1, 0.15) is 33.9 Å². The summed E-state index contributed by atoms with van der Waals surface area (Å²) in [7, 11) is 2.01. The molecule has 18 heavy (non-hydrogen) atoms. The van der Waals surface area contributed by atoms with Crippen LogP contribution in [0, 0.1) is 20.8 Å². The molecule has 0 fully saturated rings. The zero-order chi connectivity index (χ0) is 13.1. The Hall–Kier alpha value is -1.60. The van der Waals surface area contributed by atoms with Gasteiger partial charge in [0.1, 0.15) is 0 Å². The molecule has 0 saturated carbocycles. The van der Waals surface area contributed by atoms with Gasteiger partial charge in [0.15, 0.2) is 0 Å². The number of rotatable bonds is 3. The molecule has 0 bridgehead atoms. The van der Waals surface area contributed by atoms with Crippen LogP contribution in [0.3, 0.4) is 0 Å². The van der Waals surface area contributed by atoms with Gasteiger partial charge >= 0.3 is 0 Å². The van der Waals surface area contributed by atoms with Crippen molar-refractivity contribution in [3.63, 3.8) is 0 Å². The Balaban J connectivity index is 2.38. The van der Waals surface area contributed by atoms with Gasteiger partial charge in [-0.25, -0.2) is 0 Å². The summed E-state index contributed by atoms with van der Waals surface area (Å²) < 4.78 is 0. The van der Waals surface area contributed by atoms with E-state index in [1.807, 2.05) is 7.05 Å².